The van der Waals surface area contributed by atoms with Crippen LogP contribution in [0.3, 0.4) is 0 Å². The summed E-state index contributed by atoms with van der Waals surface area (Å²) in [6, 6.07) is 2.57. The molecule has 1 atom stereocenters. The smallest absolute Gasteiger partial charge is 0.319 e. The van der Waals surface area contributed by atoms with Crippen molar-refractivity contribution in [1.29, 1.82) is 0 Å². The SMILES string of the molecule is CCCOc1ccnc(OCC2CCCN2)n1. The summed E-state index contributed by atoms with van der Waals surface area (Å²) in [6.07, 6.45) is 5.00. The molecule has 1 N–H and O–H groups in total. The van der Waals surface area contributed by atoms with Crippen molar-refractivity contribution >= 4 is 0 Å². The van der Waals surface area contributed by atoms with E-state index in [2.05, 4.69) is 22.2 Å². The molecule has 5 heteroatoms. The molecule has 1 saturated heterocycles. The fraction of sp³-hybridized carbons (Fsp3) is 0.667. The van der Waals surface area contributed by atoms with Gasteiger partial charge in [-0.15, -0.1) is 0 Å². The highest BCUT2D eigenvalue weighted by molar-refractivity contribution is 5.11. The minimum atomic E-state index is 0.396. The standard InChI is InChI=1S/C12H19N3O2/c1-2-8-16-11-5-7-14-12(15-11)17-9-10-4-3-6-13-10/h5,7,10,13H,2-4,6,8-9H2,1H3. The van der Waals surface area contributed by atoms with Gasteiger partial charge in [0, 0.05) is 18.3 Å². The average molecular weight is 237 g/mol. The molecule has 0 amide bonds. The van der Waals surface area contributed by atoms with E-state index in [0.29, 0.717) is 31.1 Å². The van der Waals surface area contributed by atoms with Crippen molar-refractivity contribution in [3.05, 3.63) is 12.3 Å². The van der Waals surface area contributed by atoms with Crippen LogP contribution < -0.4 is 14.8 Å². The number of nitrogens with zero attached hydrogens (tertiary/aromatic N) is 2. The second kappa shape index (κ2) is 6.39. The lowest BCUT2D eigenvalue weighted by atomic mass is 10.2. The van der Waals surface area contributed by atoms with E-state index in [-0.39, 0.29) is 0 Å². The molecule has 2 heterocycles. The number of hydrogen-bond acceptors (Lipinski definition) is 5. The zero-order chi connectivity index (χ0) is 11.9. The van der Waals surface area contributed by atoms with Gasteiger partial charge in [0.2, 0.25) is 5.88 Å². The van der Waals surface area contributed by atoms with Gasteiger partial charge in [0.05, 0.1) is 6.61 Å². The number of rotatable bonds is 6. The van der Waals surface area contributed by atoms with Crippen molar-refractivity contribution in [3.63, 3.8) is 0 Å². The Morgan fingerprint density at radius 1 is 1.47 bits per heavy atom. The van der Waals surface area contributed by atoms with Crippen molar-refractivity contribution in [1.82, 2.24) is 15.3 Å². The van der Waals surface area contributed by atoms with Crippen LogP contribution >= 0.6 is 0 Å². The topological polar surface area (TPSA) is 56.3 Å². The quantitative estimate of drug-likeness (QED) is 0.810. The van der Waals surface area contributed by atoms with Gasteiger partial charge in [-0.05, 0) is 25.8 Å². The highest BCUT2D eigenvalue weighted by atomic mass is 16.5. The Balaban J connectivity index is 1.82. The predicted molar refractivity (Wildman–Crippen MR) is 64.3 cm³/mol. The first-order chi connectivity index (χ1) is 8.38. The van der Waals surface area contributed by atoms with Crippen molar-refractivity contribution in [3.8, 4) is 11.9 Å². The van der Waals surface area contributed by atoms with Gasteiger partial charge in [-0.2, -0.15) is 4.98 Å². The molecule has 1 aromatic heterocycles. The molecule has 5 nitrogen and oxygen atoms in total. The molecule has 1 aliphatic rings. The summed E-state index contributed by atoms with van der Waals surface area (Å²) < 4.78 is 11.0. The fourth-order valence-electron chi connectivity index (χ4n) is 1.76. The Bertz CT molecular complexity index is 340. The van der Waals surface area contributed by atoms with E-state index in [1.165, 1.54) is 6.42 Å². The Morgan fingerprint density at radius 3 is 3.18 bits per heavy atom. The van der Waals surface area contributed by atoms with Gasteiger partial charge in [0.25, 0.3) is 0 Å². The Hall–Kier alpha value is -1.36. The van der Waals surface area contributed by atoms with Crippen LogP contribution in [0.15, 0.2) is 12.3 Å². The van der Waals surface area contributed by atoms with Gasteiger partial charge in [-0.25, -0.2) is 4.98 Å². The van der Waals surface area contributed by atoms with E-state index in [1.54, 1.807) is 12.3 Å². The third-order valence-corrected chi connectivity index (χ3v) is 2.64. The van der Waals surface area contributed by atoms with Crippen LogP contribution in [-0.4, -0.2) is 35.8 Å². The molecule has 0 aliphatic carbocycles. The highest BCUT2D eigenvalue weighted by Gasteiger charge is 2.15. The van der Waals surface area contributed by atoms with Crippen molar-refractivity contribution < 1.29 is 9.47 Å². The monoisotopic (exact) mass is 237 g/mol. The summed E-state index contributed by atoms with van der Waals surface area (Å²) in [5.41, 5.74) is 0. The Kier molecular flexibility index (Phi) is 4.55. The summed E-state index contributed by atoms with van der Waals surface area (Å²) in [6.45, 7) is 4.43. The average Bonchev–Trinajstić information content (AvgIpc) is 2.87. The third-order valence-electron chi connectivity index (χ3n) is 2.64. The van der Waals surface area contributed by atoms with Gasteiger partial charge < -0.3 is 14.8 Å². The van der Waals surface area contributed by atoms with E-state index >= 15 is 0 Å². The largest absolute Gasteiger partial charge is 0.478 e. The van der Waals surface area contributed by atoms with Crippen molar-refractivity contribution in [2.45, 2.75) is 32.2 Å². The molecule has 94 valence electrons. The number of nitrogens with one attached hydrogen (secondary N) is 1. The zero-order valence-electron chi connectivity index (χ0n) is 10.2. The molecular weight excluding hydrogens is 218 g/mol. The van der Waals surface area contributed by atoms with E-state index in [1.807, 2.05) is 0 Å². The van der Waals surface area contributed by atoms with Crippen LogP contribution in [0.5, 0.6) is 11.9 Å². The van der Waals surface area contributed by atoms with Crippen molar-refractivity contribution in [2.75, 3.05) is 19.8 Å². The van der Waals surface area contributed by atoms with Crippen molar-refractivity contribution in [2.24, 2.45) is 0 Å². The maximum absolute atomic E-state index is 5.55. The van der Waals surface area contributed by atoms with E-state index in [9.17, 15) is 0 Å². The van der Waals surface area contributed by atoms with E-state index in [0.717, 1.165) is 19.4 Å². The molecule has 0 spiro atoms. The maximum atomic E-state index is 5.55. The first kappa shape index (κ1) is 12.1. The Labute approximate surface area is 102 Å². The summed E-state index contributed by atoms with van der Waals surface area (Å²) in [5, 5.41) is 3.36. The van der Waals surface area contributed by atoms with E-state index < -0.39 is 0 Å². The first-order valence-electron chi connectivity index (χ1n) is 6.20. The molecule has 0 aromatic carbocycles. The lowest BCUT2D eigenvalue weighted by Crippen LogP contribution is -2.28. The zero-order valence-corrected chi connectivity index (χ0v) is 10.2. The lowest BCUT2D eigenvalue weighted by Gasteiger charge is -2.11. The molecule has 1 unspecified atom stereocenters. The third kappa shape index (κ3) is 3.85. The Morgan fingerprint density at radius 2 is 2.41 bits per heavy atom. The van der Waals surface area contributed by atoms with Crippen LogP contribution in [0, 0.1) is 0 Å². The van der Waals surface area contributed by atoms with E-state index in [4.69, 9.17) is 9.47 Å². The van der Waals surface area contributed by atoms with Crippen LogP contribution in [0.4, 0.5) is 0 Å². The molecule has 1 fully saturated rings. The minimum Gasteiger partial charge on any atom is -0.478 e. The summed E-state index contributed by atoms with van der Waals surface area (Å²) in [5.74, 6) is 0.580. The van der Waals surface area contributed by atoms with Crippen LogP contribution in [0.25, 0.3) is 0 Å². The molecule has 0 bridgehead atoms. The minimum absolute atomic E-state index is 0.396. The second-order valence-electron chi connectivity index (χ2n) is 4.13. The molecule has 1 aromatic rings. The van der Waals surface area contributed by atoms with Gasteiger partial charge in [-0.3, -0.25) is 0 Å². The summed E-state index contributed by atoms with van der Waals surface area (Å²) >= 11 is 0. The van der Waals surface area contributed by atoms with Crippen LogP contribution in [0.1, 0.15) is 26.2 Å². The summed E-state index contributed by atoms with van der Waals surface area (Å²) in [7, 11) is 0. The van der Waals surface area contributed by atoms with Gasteiger partial charge >= 0.3 is 6.01 Å². The van der Waals surface area contributed by atoms with Gasteiger partial charge in [0.1, 0.15) is 6.61 Å². The fourth-order valence-corrected chi connectivity index (χ4v) is 1.76. The second-order valence-corrected chi connectivity index (χ2v) is 4.13. The normalized spacial score (nSPS) is 19.2. The van der Waals surface area contributed by atoms with Crippen LogP contribution in [-0.2, 0) is 0 Å². The molecule has 0 saturated carbocycles. The molecular formula is C12H19N3O2. The first-order valence-corrected chi connectivity index (χ1v) is 6.20. The summed E-state index contributed by atoms with van der Waals surface area (Å²) in [4.78, 5) is 8.26. The van der Waals surface area contributed by atoms with Gasteiger partial charge in [0.15, 0.2) is 0 Å². The van der Waals surface area contributed by atoms with Crippen LogP contribution in [0.2, 0.25) is 0 Å². The highest BCUT2D eigenvalue weighted by Crippen LogP contribution is 2.12. The molecule has 17 heavy (non-hydrogen) atoms. The maximum Gasteiger partial charge on any atom is 0.319 e. The lowest BCUT2D eigenvalue weighted by molar-refractivity contribution is 0.246. The molecule has 1 aliphatic heterocycles. The number of ether oxygens (including phenoxy) is 2. The predicted octanol–water partition coefficient (Wildman–Crippen LogP) is 1.40. The van der Waals surface area contributed by atoms with Gasteiger partial charge in [-0.1, -0.05) is 6.92 Å². The number of hydrogen-bond donors (Lipinski definition) is 1. The molecule has 0 radical (unpaired) electrons. The molecule has 2 rings (SSSR count). The number of aromatic nitrogens is 2.